The number of hydrogen-bond donors (Lipinski definition) is 2. The predicted molar refractivity (Wildman–Crippen MR) is 75.0 cm³/mol. The van der Waals surface area contributed by atoms with Gasteiger partial charge in [0.1, 0.15) is 12.4 Å². The Balaban J connectivity index is 1.59. The third-order valence-electron chi connectivity index (χ3n) is 3.33. The minimum atomic E-state index is 0.0206. The lowest BCUT2D eigenvalue weighted by molar-refractivity contribution is -0.121. The van der Waals surface area contributed by atoms with E-state index in [0.29, 0.717) is 25.5 Å². The molecule has 0 heterocycles. The second kappa shape index (κ2) is 6.57. The van der Waals surface area contributed by atoms with Gasteiger partial charge in [0, 0.05) is 12.5 Å². The van der Waals surface area contributed by atoms with Crippen LogP contribution in [0.25, 0.3) is 0 Å². The summed E-state index contributed by atoms with van der Waals surface area (Å²) < 4.78 is 5.56. The summed E-state index contributed by atoms with van der Waals surface area (Å²) in [6, 6.07) is 7.90. The quantitative estimate of drug-likeness (QED) is 0.734. The molecule has 19 heavy (non-hydrogen) atoms. The number of hydrogen-bond acceptors (Lipinski definition) is 3. The molecule has 1 unspecified atom stereocenters. The molecule has 1 aliphatic rings. The highest BCUT2D eigenvalue weighted by atomic mass is 16.5. The van der Waals surface area contributed by atoms with Crippen molar-refractivity contribution >= 4 is 5.91 Å². The highest BCUT2D eigenvalue weighted by Gasteiger charge is 2.29. The molecular weight excluding hydrogens is 240 g/mol. The molecule has 1 atom stereocenters. The van der Waals surface area contributed by atoms with Crippen molar-refractivity contribution in [1.82, 2.24) is 5.32 Å². The number of rotatable bonds is 7. The van der Waals surface area contributed by atoms with Gasteiger partial charge in [-0.3, -0.25) is 4.79 Å². The molecule has 4 heteroatoms. The number of ether oxygens (including phenoxy) is 1. The van der Waals surface area contributed by atoms with E-state index in [2.05, 4.69) is 5.32 Å². The van der Waals surface area contributed by atoms with Crippen molar-refractivity contribution in [1.29, 1.82) is 0 Å². The third kappa shape index (κ3) is 4.91. The van der Waals surface area contributed by atoms with Gasteiger partial charge in [-0.15, -0.1) is 0 Å². The molecule has 0 aromatic heterocycles. The van der Waals surface area contributed by atoms with E-state index < -0.39 is 0 Å². The predicted octanol–water partition coefficient (Wildman–Crippen LogP) is 1.62. The monoisotopic (exact) mass is 262 g/mol. The summed E-state index contributed by atoms with van der Waals surface area (Å²) in [5.41, 5.74) is 7.06. The van der Waals surface area contributed by atoms with Gasteiger partial charge in [0.05, 0.1) is 6.54 Å². The Labute approximate surface area is 114 Å². The summed E-state index contributed by atoms with van der Waals surface area (Å²) >= 11 is 0. The van der Waals surface area contributed by atoms with Crippen LogP contribution in [0.2, 0.25) is 0 Å². The maximum absolute atomic E-state index is 11.6. The van der Waals surface area contributed by atoms with Crippen LogP contribution < -0.4 is 15.8 Å². The Morgan fingerprint density at radius 1 is 1.53 bits per heavy atom. The maximum atomic E-state index is 11.6. The van der Waals surface area contributed by atoms with Crippen molar-refractivity contribution in [3.05, 3.63) is 29.8 Å². The van der Waals surface area contributed by atoms with Gasteiger partial charge >= 0.3 is 0 Å². The fourth-order valence-corrected chi connectivity index (χ4v) is 2.04. The Bertz CT molecular complexity index is 430. The molecule has 104 valence electrons. The Morgan fingerprint density at radius 2 is 2.32 bits per heavy atom. The molecule has 0 spiro atoms. The van der Waals surface area contributed by atoms with Crippen molar-refractivity contribution in [2.24, 2.45) is 11.7 Å². The van der Waals surface area contributed by atoms with E-state index in [4.69, 9.17) is 10.5 Å². The van der Waals surface area contributed by atoms with Crippen molar-refractivity contribution in [3.63, 3.8) is 0 Å². The first-order valence-corrected chi connectivity index (χ1v) is 6.87. The molecule has 1 aromatic rings. The molecule has 3 N–H and O–H groups in total. The molecule has 0 radical (unpaired) electrons. The molecule has 1 aliphatic carbocycles. The van der Waals surface area contributed by atoms with Crippen LogP contribution in [0.5, 0.6) is 5.75 Å². The van der Waals surface area contributed by atoms with Crippen LogP contribution in [0.1, 0.15) is 24.8 Å². The summed E-state index contributed by atoms with van der Waals surface area (Å²) in [5.74, 6) is 1.42. The van der Waals surface area contributed by atoms with E-state index in [9.17, 15) is 4.79 Å². The smallest absolute Gasteiger partial charge is 0.221 e. The molecular formula is C15H22N2O2. The van der Waals surface area contributed by atoms with Crippen LogP contribution in [0.15, 0.2) is 24.3 Å². The highest BCUT2D eigenvalue weighted by molar-refractivity contribution is 5.76. The first-order chi connectivity index (χ1) is 9.15. The molecule has 2 rings (SSSR count). The van der Waals surface area contributed by atoms with E-state index in [1.165, 1.54) is 12.8 Å². The van der Waals surface area contributed by atoms with Crippen molar-refractivity contribution in [2.75, 3.05) is 13.2 Å². The van der Waals surface area contributed by atoms with E-state index in [0.717, 1.165) is 11.3 Å². The van der Waals surface area contributed by atoms with Gasteiger partial charge in [-0.05, 0) is 43.4 Å². The zero-order valence-electron chi connectivity index (χ0n) is 11.4. The number of benzene rings is 1. The largest absolute Gasteiger partial charge is 0.492 e. The van der Waals surface area contributed by atoms with Gasteiger partial charge in [-0.2, -0.15) is 0 Å². The minimum absolute atomic E-state index is 0.0206. The fourth-order valence-electron chi connectivity index (χ4n) is 2.04. The number of aryl methyl sites for hydroxylation is 1. The van der Waals surface area contributed by atoms with Crippen LogP contribution in [0.3, 0.4) is 0 Å². The van der Waals surface area contributed by atoms with Gasteiger partial charge < -0.3 is 15.8 Å². The fraction of sp³-hybridized carbons (Fsp3) is 0.533. The van der Waals surface area contributed by atoms with Gasteiger partial charge in [0.15, 0.2) is 0 Å². The Morgan fingerprint density at radius 3 is 3.00 bits per heavy atom. The first-order valence-electron chi connectivity index (χ1n) is 6.87. The third-order valence-corrected chi connectivity index (χ3v) is 3.33. The number of carbonyl (C=O) groups excluding carboxylic acids is 1. The first kappa shape index (κ1) is 13.9. The van der Waals surface area contributed by atoms with E-state index >= 15 is 0 Å². The standard InChI is InChI=1S/C15H22N2O2/c1-11-3-2-4-13(9-11)19-8-7-17-15(18)10-14(16)12-5-6-12/h2-4,9,12,14H,5-8,10,16H2,1H3,(H,17,18). The summed E-state index contributed by atoms with van der Waals surface area (Å²) in [6.45, 7) is 3.02. The van der Waals surface area contributed by atoms with Crippen molar-refractivity contribution < 1.29 is 9.53 Å². The molecule has 1 fully saturated rings. The number of amides is 1. The van der Waals surface area contributed by atoms with Gasteiger partial charge in [-0.1, -0.05) is 12.1 Å². The van der Waals surface area contributed by atoms with E-state index in [-0.39, 0.29) is 11.9 Å². The summed E-state index contributed by atoms with van der Waals surface area (Å²) in [4.78, 5) is 11.6. The molecule has 0 saturated heterocycles. The summed E-state index contributed by atoms with van der Waals surface area (Å²) in [7, 11) is 0. The summed E-state index contributed by atoms with van der Waals surface area (Å²) in [6.07, 6.45) is 2.77. The zero-order valence-corrected chi connectivity index (χ0v) is 11.4. The van der Waals surface area contributed by atoms with Crippen LogP contribution in [-0.2, 0) is 4.79 Å². The van der Waals surface area contributed by atoms with Gasteiger partial charge in [0.2, 0.25) is 5.91 Å². The van der Waals surface area contributed by atoms with Crippen molar-refractivity contribution in [3.8, 4) is 5.75 Å². The maximum Gasteiger partial charge on any atom is 0.221 e. The molecule has 0 bridgehead atoms. The normalized spacial score (nSPS) is 15.9. The lowest BCUT2D eigenvalue weighted by Gasteiger charge is -2.11. The Kier molecular flexibility index (Phi) is 4.80. The van der Waals surface area contributed by atoms with Crippen LogP contribution in [0.4, 0.5) is 0 Å². The average molecular weight is 262 g/mol. The Hall–Kier alpha value is -1.55. The van der Waals surface area contributed by atoms with E-state index in [1.54, 1.807) is 0 Å². The van der Waals surface area contributed by atoms with Crippen LogP contribution in [0, 0.1) is 12.8 Å². The molecule has 1 amide bonds. The second-order valence-electron chi connectivity index (χ2n) is 5.22. The molecule has 0 aliphatic heterocycles. The average Bonchev–Trinajstić information content (AvgIpc) is 3.19. The molecule has 1 saturated carbocycles. The lowest BCUT2D eigenvalue weighted by Crippen LogP contribution is -2.34. The van der Waals surface area contributed by atoms with Gasteiger partial charge in [-0.25, -0.2) is 0 Å². The topological polar surface area (TPSA) is 64.3 Å². The lowest BCUT2D eigenvalue weighted by atomic mass is 10.1. The molecule has 1 aromatic carbocycles. The minimum Gasteiger partial charge on any atom is -0.492 e. The van der Waals surface area contributed by atoms with Crippen molar-refractivity contribution in [2.45, 2.75) is 32.2 Å². The number of nitrogens with one attached hydrogen (secondary N) is 1. The van der Waals surface area contributed by atoms with E-state index in [1.807, 2.05) is 31.2 Å². The number of nitrogens with two attached hydrogens (primary N) is 1. The zero-order chi connectivity index (χ0) is 13.7. The van der Waals surface area contributed by atoms with Crippen LogP contribution >= 0.6 is 0 Å². The van der Waals surface area contributed by atoms with Crippen LogP contribution in [-0.4, -0.2) is 25.1 Å². The van der Waals surface area contributed by atoms with Gasteiger partial charge in [0.25, 0.3) is 0 Å². The second-order valence-corrected chi connectivity index (χ2v) is 5.22. The summed E-state index contributed by atoms with van der Waals surface area (Å²) in [5, 5.41) is 2.84. The highest BCUT2D eigenvalue weighted by Crippen LogP contribution is 2.32. The SMILES string of the molecule is Cc1cccc(OCCNC(=O)CC(N)C2CC2)c1. The number of carbonyl (C=O) groups is 1. The molecule has 4 nitrogen and oxygen atoms in total.